The van der Waals surface area contributed by atoms with Crippen molar-refractivity contribution >= 4 is 40.2 Å². The summed E-state index contributed by atoms with van der Waals surface area (Å²) in [5.41, 5.74) is -1.28. The van der Waals surface area contributed by atoms with Crippen molar-refractivity contribution in [2.75, 3.05) is 7.11 Å². The largest absolute Gasteiger partial charge is 0.467 e. The molecule has 1 aromatic rings. The number of hydrogen-bond acceptors (Lipinski definition) is 5. The van der Waals surface area contributed by atoms with Crippen molar-refractivity contribution in [1.29, 1.82) is 0 Å². The first kappa shape index (κ1) is 16.3. The second-order valence-corrected chi connectivity index (χ2v) is 5.65. The molecule has 1 rings (SSSR count). The first-order valence-electron chi connectivity index (χ1n) is 5.54. The van der Waals surface area contributed by atoms with Crippen LogP contribution >= 0.6 is 22.6 Å². The van der Waals surface area contributed by atoms with E-state index in [1.165, 1.54) is 39.2 Å². The van der Waals surface area contributed by atoms with E-state index >= 15 is 0 Å². The van der Waals surface area contributed by atoms with Crippen LogP contribution in [0.2, 0.25) is 0 Å². The molecule has 0 heterocycles. The number of non-ortho nitro benzene ring substituents is 1. The van der Waals surface area contributed by atoms with E-state index in [9.17, 15) is 19.7 Å². The summed E-state index contributed by atoms with van der Waals surface area (Å²) >= 11 is 1.89. The number of nitrogens with zero attached hydrogens (tertiary/aromatic N) is 1. The summed E-state index contributed by atoms with van der Waals surface area (Å²) in [6.45, 7) is 2.97. The molecule has 0 saturated heterocycles. The molecule has 0 saturated carbocycles. The topological polar surface area (TPSA) is 98.5 Å². The number of nitro groups is 1. The molecule has 0 aliphatic carbocycles. The minimum atomic E-state index is -1.22. The van der Waals surface area contributed by atoms with Crippen molar-refractivity contribution in [3.8, 4) is 0 Å². The first-order chi connectivity index (χ1) is 9.19. The summed E-state index contributed by atoms with van der Waals surface area (Å²) in [4.78, 5) is 33.8. The quantitative estimate of drug-likeness (QED) is 0.365. The van der Waals surface area contributed by atoms with Crippen molar-refractivity contribution < 1.29 is 19.2 Å². The second kappa shape index (κ2) is 6.16. The minimum Gasteiger partial charge on any atom is -0.467 e. The smallest absolute Gasteiger partial charge is 0.330 e. The van der Waals surface area contributed by atoms with Crippen molar-refractivity contribution in [3.05, 3.63) is 37.4 Å². The lowest BCUT2D eigenvalue weighted by Crippen LogP contribution is -2.50. The summed E-state index contributed by atoms with van der Waals surface area (Å²) < 4.78 is 5.13. The number of esters is 1. The molecule has 1 amide bonds. The molecular formula is C12H13IN2O5. The molecule has 7 nitrogen and oxygen atoms in total. The molecule has 0 spiro atoms. The number of rotatable bonds is 4. The van der Waals surface area contributed by atoms with Gasteiger partial charge in [-0.1, -0.05) is 0 Å². The van der Waals surface area contributed by atoms with Crippen LogP contribution in [0.3, 0.4) is 0 Å². The standard InChI is InChI=1S/C12H13IN2O5/c1-12(2,11(17)20-3)14-10(16)8-6-7(15(18)19)4-5-9(8)13/h4-6H,1-3H3,(H,14,16). The van der Waals surface area contributed by atoms with Gasteiger partial charge >= 0.3 is 5.97 Å². The van der Waals surface area contributed by atoms with Crippen LogP contribution in [0.25, 0.3) is 0 Å². The molecule has 0 aliphatic rings. The Bertz CT molecular complexity index is 571. The molecule has 1 N–H and O–H groups in total. The summed E-state index contributed by atoms with van der Waals surface area (Å²) in [6.07, 6.45) is 0. The number of carbonyl (C=O) groups is 2. The van der Waals surface area contributed by atoms with Gasteiger partial charge in [0.05, 0.1) is 17.6 Å². The number of benzene rings is 1. The van der Waals surface area contributed by atoms with E-state index in [1.807, 2.05) is 22.6 Å². The number of amides is 1. The van der Waals surface area contributed by atoms with Crippen LogP contribution in [0.15, 0.2) is 18.2 Å². The minimum absolute atomic E-state index is 0.136. The highest BCUT2D eigenvalue weighted by molar-refractivity contribution is 14.1. The Labute approximate surface area is 129 Å². The van der Waals surface area contributed by atoms with Crippen LogP contribution in [0.1, 0.15) is 24.2 Å². The fraction of sp³-hybridized carbons (Fsp3) is 0.333. The van der Waals surface area contributed by atoms with Gasteiger partial charge < -0.3 is 10.1 Å². The van der Waals surface area contributed by atoms with Crippen molar-refractivity contribution in [2.24, 2.45) is 0 Å². The van der Waals surface area contributed by atoms with Gasteiger partial charge in [-0.2, -0.15) is 0 Å². The van der Waals surface area contributed by atoms with Gasteiger partial charge in [-0.05, 0) is 42.5 Å². The lowest BCUT2D eigenvalue weighted by atomic mass is 10.0. The van der Waals surface area contributed by atoms with E-state index in [2.05, 4.69) is 10.1 Å². The molecule has 0 aromatic heterocycles. The van der Waals surface area contributed by atoms with Crippen LogP contribution in [0, 0.1) is 13.7 Å². The molecule has 108 valence electrons. The lowest BCUT2D eigenvalue weighted by molar-refractivity contribution is -0.384. The summed E-state index contributed by atoms with van der Waals surface area (Å²) in [6, 6.07) is 3.95. The molecule has 0 atom stereocenters. The number of ether oxygens (including phenoxy) is 1. The second-order valence-electron chi connectivity index (χ2n) is 4.49. The highest BCUT2D eigenvalue weighted by Gasteiger charge is 2.31. The van der Waals surface area contributed by atoms with Crippen LogP contribution in [0.4, 0.5) is 5.69 Å². The number of carbonyl (C=O) groups excluding carboxylic acids is 2. The summed E-state index contributed by atoms with van der Waals surface area (Å²) in [5, 5.41) is 13.2. The first-order valence-corrected chi connectivity index (χ1v) is 6.62. The zero-order chi connectivity index (χ0) is 15.5. The molecule has 0 unspecified atom stereocenters. The maximum atomic E-state index is 12.1. The fourth-order valence-electron chi connectivity index (χ4n) is 1.46. The van der Waals surface area contributed by atoms with Gasteiger partial charge in [0.2, 0.25) is 0 Å². The normalized spacial score (nSPS) is 10.8. The van der Waals surface area contributed by atoms with E-state index in [0.29, 0.717) is 3.57 Å². The number of halogens is 1. The van der Waals surface area contributed by atoms with E-state index in [-0.39, 0.29) is 11.3 Å². The molecule has 0 radical (unpaired) electrons. The third-order valence-corrected chi connectivity index (χ3v) is 3.47. The van der Waals surface area contributed by atoms with Crippen molar-refractivity contribution in [1.82, 2.24) is 5.32 Å². The molecule has 0 aliphatic heterocycles. The van der Waals surface area contributed by atoms with E-state index in [4.69, 9.17) is 0 Å². The van der Waals surface area contributed by atoms with Gasteiger partial charge in [0.15, 0.2) is 0 Å². The number of nitro benzene ring substituents is 1. The van der Waals surface area contributed by atoms with Crippen molar-refractivity contribution in [3.63, 3.8) is 0 Å². The Kier molecular flexibility index (Phi) is 5.03. The highest BCUT2D eigenvalue weighted by atomic mass is 127. The molecule has 0 bridgehead atoms. The molecular weight excluding hydrogens is 379 g/mol. The Balaban J connectivity index is 3.07. The third-order valence-electron chi connectivity index (χ3n) is 2.53. The monoisotopic (exact) mass is 392 g/mol. The van der Waals surface area contributed by atoms with Gasteiger partial charge in [-0.25, -0.2) is 4.79 Å². The Morgan fingerprint density at radius 2 is 2.00 bits per heavy atom. The molecule has 1 aromatic carbocycles. The lowest BCUT2D eigenvalue weighted by Gasteiger charge is -2.23. The maximum absolute atomic E-state index is 12.1. The van der Waals surface area contributed by atoms with Gasteiger partial charge in [0.1, 0.15) is 5.54 Å². The third kappa shape index (κ3) is 3.65. The zero-order valence-electron chi connectivity index (χ0n) is 11.1. The number of methoxy groups -OCH3 is 1. The maximum Gasteiger partial charge on any atom is 0.330 e. The predicted molar refractivity (Wildman–Crippen MR) is 79.4 cm³/mol. The van der Waals surface area contributed by atoms with Crippen molar-refractivity contribution in [2.45, 2.75) is 19.4 Å². The zero-order valence-corrected chi connectivity index (χ0v) is 13.3. The Morgan fingerprint density at radius 1 is 1.40 bits per heavy atom. The number of hydrogen-bond donors (Lipinski definition) is 1. The molecule has 8 heteroatoms. The van der Waals surface area contributed by atoms with E-state index in [1.54, 1.807) is 0 Å². The number of nitrogens with one attached hydrogen (secondary N) is 1. The van der Waals surface area contributed by atoms with Crippen LogP contribution < -0.4 is 5.32 Å². The fourth-order valence-corrected chi connectivity index (χ4v) is 2.04. The SMILES string of the molecule is COC(=O)C(C)(C)NC(=O)c1cc([N+](=O)[O-])ccc1I. The van der Waals surface area contributed by atoms with E-state index < -0.39 is 22.3 Å². The van der Waals surface area contributed by atoms with Crippen LogP contribution in [-0.2, 0) is 9.53 Å². The highest BCUT2D eigenvalue weighted by Crippen LogP contribution is 2.20. The average Bonchev–Trinajstić information content (AvgIpc) is 2.37. The Hall–Kier alpha value is -1.71. The summed E-state index contributed by atoms with van der Waals surface area (Å²) in [5.74, 6) is -1.18. The van der Waals surface area contributed by atoms with Gasteiger partial charge in [-0.15, -0.1) is 0 Å². The van der Waals surface area contributed by atoms with Crippen LogP contribution in [-0.4, -0.2) is 29.4 Å². The Morgan fingerprint density at radius 3 is 2.50 bits per heavy atom. The van der Waals surface area contributed by atoms with Gasteiger partial charge in [0, 0.05) is 15.7 Å². The van der Waals surface area contributed by atoms with Gasteiger partial charge in [0.25, 0.3) is 11.6 Å². The predicted octanol–water partition coefficient (Wildman–Crippen LogP) is 1.88. The summed E-state index contributed by atoms with van der Waals surface area (Å²) in [7, 11) is 1.22. The van der Waals surface area contributed by atoms with Crippen LogP contribution in [0.5, 0.6) is 0 Å². The average molecular weight is 392 g/mol. The van der Waals surface area contributed by atoms with E-state index in [0.717, 1.165) is 0 Å². The van der Waals surface area contributed by atoms with Gasteiger partial charge in [-0.3, -0.25) is 14.9 Å². The molecule has 20 heavy (non-hydrogen) atoms. The molecule has 0 fully saturated rings.